The lowest BCUT2D eigenvalue weighted by Gasteiger charge is -2.34. The molecule has 0 saturated heterocycles. The zero-order valence-corrected chi connectivity index (χ0v) is 21.9. The topological polar surface area (TPSA) is 23.8 Å². The summed E-state index contributed by atoms with van der Waals surface area (Å²) in [4.78, 5) is 0. The summed E-state index contributed by atoms with van der Waals surface area (Å²) in [5, 5.41) is 9.93. The zero-order valence-electron chi connectivity index (χ0n) is 21.9. The summed E-state index contributed by atoms with van der Waals surface area (Å²) in [7, 11) is 0. The second-order valence-corrected chi connectivity index (χ2v) is 11.5. The molecule has 0 amide bonds. The molecule has 2 aliphatic rings. The number of hydrogen-bond donors (Lipinski definition) is 0. The van der Waals surface area contributed by atoms with E-state index in [4.69, 9.17) is 0 Å². The minimum atomic E-state index is 0.315. The van der Waals surface area contributed by atoms with Crippen LogP contribution in [0.5, 0.6) is 0 Å². The predicted molar refractivity (Wildman–Crippen MR) is 142 cm³/mol. The molecule has 184 valence electrons. The molecular weight excluding hydrogens is 398 g/mol. The molecule has 1 aromatic carbocycles. The summed E-state index contributed by atoms with van der Waals surface area (Å²) < 4.78 is 0. The van der Waals surface area contributed by atoms with E-state index in [1.807, 2.05) is 0 Å². The number of nitrogens with zero attached hydrogens (tertiary/aromatic N) is 1. The third kappa shape index (κ3) is 8.77. The average Bonchev–Trinajstić information content (AvgIpc) is 2.87. The van der Waals surface area contributed by atoms with E-state index in [0.29, 0.717) is 11.8 Å². The average molecular weight is 450 g/mol. The standard InChI is InChI=1S/C32H51N/c1-3-5-7-8-9-11-27-12-18-29(19-13-27)30-22-16-28(17-23-30)24-32(25-33)31-20-14-26(15-21-31)10-6-4-2/h12-13,18-19,26,28,30-32H,3-11,14-17,20-24H2,1-2H3/t26-,28-,30-,31-,32?. The van der Waals surface area contributed by atoms with Crippen molar-refractivity contribution < 1.29 is 0 Å². The van der Waals surface area contributed by atoms with Gasteiger partial charge in [0.15, 0.2) is 0 Å². The minimum Gasteiger partial charge on any atom is -0.198 e. The smallest absolute Gasteiger partial charge is 0.0658 e. The lowest BCUT2D eigenvalue weighted by Crippen LogP contribution is -2.24. The minimum absolute atomic E-state index is 0.315. The number of benzene rings is 1. The summed E-state index contributed by atoms with van der Waals surface area (Å²) in [5.41, 5.74) is 3.08. The molecule has 33 heavy (non-hydrogen) atoms. The molecule has 0 aromatic heterocycles. The van der Waals surface area contributed by atoms with Crippen LogP contribution in [-0.2, 0) is 6.42 Å². The number of nitriles is 1. The van der Waals surface area contributed by atoms with E-state index in [2.05, 4.69) is 44.2 Å². The van der Waals surface area contributed by atoms with Crippen molar-refractivity contribution in [3.63, 3.8) is 0 Å². The van der Waals surface area contributed by atoms with Crippen LogP contribution in [0.25, 0.3) is 0 Å². The van der Waals surface area contributed by atoms with E-state index in [1.54, 1.807) is 5.56 Å². The maximum Gasteiger partial charge on any atom is 0.0658 e. The van der Waals surface area contributed by atoms with Crippen LogP contribution in [0.1, 0.15) is 140 Å². The molecule has 1 aromatic rings. The van der Waals surface area contributed by atoms with Gasteiger partial charge in [-0.3, -0.25) is 0 Å². The van der Waals surface area contributed by atoms with E-state index in [1.165, 1.54) is 121 Å². The molecule has 0 N–H and O–H groups in total. The van der Waals surface area contributed by atoms with Gasteiger partial charge >= 0.3 is 0 Å². The highest BCUT2D eigenvalue weighted by Crippen LogP contribution is 2.42. The van der Waals surface area contributed by atoms with Crippen molar-refractivity contribution in [2.75, 3.05) is 0 Å². The molecule has 0 bridgehead atoms. The van der Waals surface area contributed by atoms with E-state index in [0.717, 1.165) is 17.8 Å². The Morgan fingerprint density at radius 3 is 2.03 bits per heavy atom. The Balaban J connectivity index is 1.37. The summed E-state index contributed by atoms with van der Waals surface area (Å²) >= 11 is 0. The van der Waals surface area contributed by atoms with Crippen molar-refractivity contribution in [1.29, 1.82) is 5.26 Å². The fraction of sp³-hybridized carbons (Fsp3) is 0.781. The van der Waals surface area contributed by atoms with E-state index >= 15 is 0 Å². The van der Waals surface area contributed by atoms with Crippen LogP contribution in [0.15, 0.2) is 24.3 Å². The maximum atomic E-state index is 9.93. The van der Waals surface area contributed by atoms with Gasteiger partial charge in [0, 0.05) is 5.92 Å². The molecule has 2 aliphatic carbocycles. The van der Waals surface area contributed by atoms with Crippen LogP contribution < -0.4 is 0 Å². The van der Waals surface area contributed by atoms with Crippen LogP contribution in [0.4, 0.5) is 0 Å². The van der Waals surface area contributed by atoms with Gasteiger partial charge in [-0.1, -0.05) is 95.9 Å². The van der Waals surface area contributed by atoms with E-state index in [-0.39, 0.29) is 0 Å². The largest absolute Gasteiger partial charge is 0.198 e. The van der Waals surface area contributed by atoms with Gasteiger partial charge in [0.1, 0.15) is 0 Å². The molecule has 1 unspecified atom stereocenters. The van der Waals surface area contributed by atoms with Crippen molar-refractivity contribution in [1.82, 2.24) is 0 Å². The molecule has 0 heterocycles. The van der Waals surface area contributed by atoms with Gasteiger partial charge < -0.3 is 0 Å². The second kappa shape index (κ2) is 14.9. The number of rotatable bonds is 13. The zero-order chi connectivity index (χ0) is 23.3. The van der Waals surface area contributed by atoms with Crippen molar-refractivity contribution in [2.24, 2.45) is 23.7 Å². The SMILES string of the molecule is CCCCCCCc1ccc([C@H]2CC[C@H](CC(C#N)[C@H]3CC[C@H](CCCC)CC3)CC2)cc1. The van der Waals surface area contributed by atoms with Crippen LogP contribution >= 0.6 is 0 Å². The Hall–Kier alpha value is -1.29. The fourth-order valence-corrected chi connectivity index (χ4v) is 6.70. The van der Waals surface area contributed by atoms with Crippen LogP contribution in [0.3, 0.4) is 0 Å². The van der Waals surface area contributed by atoms with Gasteiger partial charge in [-0.25, -0.2) is 0 Å². The quantitative estimate of drug-likeness (QED) is 0.275. The highest BCUT2D eigenvalue weighted by Gasteiger charge is 2.31. The molecule has 1 nitrogen and oxygen atoms in total. The van der Waals surface area contributed by atoms with Gasteiger partial charge in [0.25, 0.3) is 0 Å². The number of aryl methyl sites for hydroxylation is 1. The van der Waals surface area contributed by atoms with Crippen molar-refractivity contribution in [3.8, 4) is 6.07 Å². The summed E-state index contributed by atoms with van der Waals surface area (Å²) in [6.45, 7) is 4.59. The first-order valence-electron chi connectivity index (χ1n) is 14.7. The Kier molecular flexibility index (Phi) is 11.9. The first-order valence-corrected chi connectivity index (χ1v) is 14.7. The molecule has 1 heteroatoms. The molecule has 0 spiro atoms. The van der Waals surface area contributed by atoms with Crippen molar-refractivity contribution in [2.45, 2.75) is 135 Å². The molecular formula is C32H51N. The molecule has 0 radical (unpaired) electrons. The Morgan fingerprint density at radius 1 is 0.758 bits per heavy atom. The van der Waals surface area contributed by atoms with Gasteiger partial charge in [0.05, 0.1) is 6.07 Å². The highest BCUT2D eigenvalue weighted by atomic mass is 14.4. The third-order valence-electron chi connectivity index (χ3n) is 9.05. The summed E-state index contributed by atoms with van der Waals surface area (Å²) in [5.74, 6) is 3.47. The van der Waals surface area contributed by atoms with Gasteiger partial charge in [-0.2, -0.15) is 5.26 Å². The first-order chi connectivity index (χ1) is 16.2. The highest BCUT2D eigenvalue weighted by molar-refractivity contribution is 5.26. The lowest BCUT2D eigenvalue weighted by atomic mass is 9.70. The van der Waals surface area contributed by atoms with Crippen LogP contribution in [-0.4, -0.2) is 0 Å². The van der Waals surface area contributed by atoms with Crippen LogP contribution in [0.2, 0.25) is 0 Å². The molecule has 2 saturated carbocycles. The number of unbranched alkanes of at least 4 members (excludes halogenated alkanes) is 5. The second-order valence-electron chi connectivity index (χ2n) is 11.5. The van der Waals surface area contributed by atoms with Gasteiger partial charge in [-0.05, 0) is 92.6 Å². The number of hydrogen-bond acceptors (Lipinski definition) is 1. The molecule has 2 fully saturated rings. The Labute approximate surface area is 205 Å². The predicted octanol–water partition coefficient (Wildman–Crippen LogP) is 10.00. The Morgan fingerprint density at radius 2 is 1.39 bits per heavy atom. The molecule has 1 atom stereocenters. The maximum absolute atomic E-state index is 9.93. The summed E-state index contributed by atoms with van der Waals surface area (Å²) in [6, 6.07) is 12.4. The fourth-order valence-electron chi connectivity index (χ4n) is 6.70. The van der Waals surface area contributed by atoms with E-state index in [9.17, 15) is 5.26 Å². The lowest BCUT2D eigenvalue weighted by molar-refractivity contribution is 0.188. The van der Waals surface area contributed by atoms with Crippen LogP contribution in [0, 0.1) is 35.0 Å². The molecule has 0 aliphatic heterocycles. The third-order valence-corrected chi connectivity index (χ3v) is 9.05. The Bertz CT molecular complexity index is 667. The van der Waals surface area contributed by atoms with Crippen molar-refractivity contribution >= 4 is 0 Å². The summed E-state index contributed by atoms with van der Waals surface area (Å²) in [6.07, 6.45) is 24.1. The first kappa shape index (κ1) is 26.3. The van der Waals surface area contributed by atoms with E-state index < -0.39 is 0 Å². The van der Waals surface area contributed by atoms with Crippen molar-refractivity contribution in [3.05, 3.63) is 35.4 Å². The monoisotopic (exact) mass is 449 g/mol. The molecule has 3 rings (SSSR count). The van der Waals surface area contributed by atoms with Gasteiger partial charge in [0.2, 0.25) is 0 Å². The normalized spacial score (nSPS) is 26.6. The van der Waals surface area contributed by atoms with Gasteiger partial charge in [-0.15, -0.1) is 0 Å².